The van der Waals surface area contributed by atoms with Crippen molar-refractivity contribution in [1.82, 2.24) is 9.80 Å². The number of carboxylic acids is 1. The van der Waals surface area contributed by atoms with Crippen LogP contribution in [0.15, 0.2) is 0 Å². The van der Waals surface area contributed by atoms with E-state index in [1.165, 1.54) is 0 Å². The Hall–Kier alpha value is -0.750. The predicted octanol–water partition coefficient (Wildman–Crippen LogP) is -0.0333. The van der Waals surface area contributed by atoms with Crippen LogP contribution in [0.2, 0.25) is 0 Å². The molecule has 1 unspecified atom stereocenters. The molecule has 92 valence electrons. The second-order valence-corrected chi connectivity index (χ2v) is 4.96. The number of likely N-dealkylation sites (N-methyl/N-ethyl adjacent to an activating group) is 1. The average Bonchev–Trinajstić information content (AvgIpc) is 2.28. The zero-order chi connectivity index (χ0) is 12.1. The largest absolute Gasteiger partial charge is 0.480 e. The fourth-order valence-corrected chi connectivity index (χ4v) is 2.63. The molecule has 0 aromatic heterocycles. The lowest BCUT2D eigenvalue weighted by molar-refractivity contribution is -0.143. The molecule has 0 spiro atoms. The van der Waals surface area contributed by atoms with Crippen LogP contribution in [0.25, 0.3) is 0 Å². The van der Waals surface area contributed by atoms with E-state index in [2.05, 4.69) is 0 Å². The van der Waals surface area contributed by atoms with Crippen molar-refractivity contribution in [2.45, 2.75) is 13.0 Å². The van der Waals surface area contributed by atoms with Crippen LogP contribution in [0, 0.1) is 0 Å². The smallest absolute Gasteiger partial charge is 0.321 e. The van der Waals surface area contributed by atoms with Crippen molar-refractivity contribution < 1.29 is 14.7 Å². The minimum absolute atomic E-state index is 0.0133. The van der Waals surface area contributed by atoms with Gasteiger partial charge in [-0.05, 0) is 6.92 Å². The van der Waals surface area contributed by atoms with Gasteiger partial charge in [0.05, 0.1) is 6.54 Å². The van der Waals surface area contributed by atoms with Crippen LogP contribution in [0.1, 0.15) is 6.92 Å². The quantitative estimate of drug-likeness (QED) is 0.754. The summed E-state index contributed by atoms with van der Waals surface area (Å²) in [7, 11) is 1.73. The summed E-state index contributed by atoms with van der Waals surface area (Å²) < 4.78 is 0. The zero-order valence-corrected chi connectivity index (χ0v) is 10.5. The summed E-state index contributed by atoms with van der Waals surface area (Å²) in [5.41, 5.74) is 0. The van der Waals surface area contributed by atoms with Crippen molar-refractivity contribution in [2.75, 3.05) is 38.2 Å². The number of hydrogen-bond donors (Lipinski definition) is 1. The Kier molecular flexibility index (Phi) is 5.08. The van der Waals surface area contributed by atoms with E-state index in [1.54, 1.807) is 28.6 Å². The highest BCUT2D eigenvalue weighted by atomic mass is 32.2. The van der Waals surface area contributed by atoms with E-state index < -0.39 is 12.0 Å². The van der Waals surface area contributed by atoms with Gasteiger partial charge in [-0.3, -0.25) is 14.5 Å². The molecule has 0 aromatic rings. The van der Waals surface area contributed by atoms with Gasteiger partial charge in [0.15, 0.2) is 0 Å². The number of carbonyl (C=O) groups excluding carboxylic acids is 1. The molecular formula is C10H18N2O3S. The van der Waals surface area contributed by atoms with Gasteiger partial charge in [-0.25, -0.2) is 0 Å². The van der Waals surface area contributed by atoms with E-state index in [1.807, 2.05) is 6.92 Å². The fraction of sp³-hybridized carbons (Fsp3) is 0.800. The molecule has 0 saturated carbocycles. The standard InChI is InChI=1S/C10H18N2O3S/c1-3-11(2)9(13)6-12-4-5-16-7-8(12)10(14)15/h8H,3-7H2,1-2H3,(H,14,15). The van der Waals surface area contributed by atoms with Gasteiger partial charge in [0.1, 0.15) is 6.04 Å². The summed E-state index contributed by atoms with van der Waals surface area (Å²) in [6, 6.07) is -0.520. The van der Waals surface area contributed by atoms with Gasteiger partial charge in [0, 0.05) is 31.6 Å². The number of carboxylic acid groups (broad SMARTS) is 1. The first kappa shape index (κ1) is 13.3. The number of nitrogens with zero attached hydrogens (tertiary/aromatic N) is 2. The Bertz CT molecular complexity index is 273. The number of aliphatic carboxylic acids is 1. The van der Waals surface area contributed by atoms with Gasteiger partial charge >= 0.3 is 5.97 Å². The van der Waals surface area contributed by atoms with Crippen LogP contribution in [0.4, 0.5) is 0 Å². The Labute approximate surface area is 99.8 Å². The summed E-state index contributed by atoms with van der Waals surface area (Å²) >= 11 is 1.63. The lowest BCUT2D eigenvalue weighted by atomic mass is 10.2. The van der Waals surface area contributed by atoms with E-state index >= 15 is 0 Å². The van der Waals surface area contributed by atoms with E-state index in [4.69, 9.17) is 5.11 Å². The zero-order valence-electron chi connectivity index (χ0n) is 9.68. The normalized spacial score (nSPS) is 21.8. The molecule has 0 aromatic carbocycles. The molecule has 1 aliphatic rings. The van der Waals surface area contributed by atoms with Crippen molar-refractivity contribution >= 4 is 23.6 Å². The Balaban J connectivity index is 2.56. The molecule has 1 saturated heterocycles. The highest BCUT2D eigenvalue weighted by Gasteiger charge is 2.30. The lowest BCUT2D eigenvalue weighted by Gasteiger charge is -2.32. The van der Waals surface area contributed by atoms with Gasteiger partial charge < -0.3 is 10.0 Å². The molecule has 1 heterocycles. The van der Waals surface area contributed by atoms with E-state index in [0.29, 0.717) is 18.8 Å². The first-order valence-electron chi connectivity index (χ1n) is 5.34. The van der Waals surface area contributed by atoms with Crippen molar-refractivity contribution in [1.29, 1.82) is 0 Å². The van der Waals surface area contributed by atoms with Crippen molar-refractivity contribution in [3.05, 3.63) is 0 Å². The molecule has 5 nitrogen and oxygen atoms in total. The molecular weight excluding hydrogens is 228 g/mol. The van der Waals surface area contributed by atoms with Gasteiger partial charge in [0.2, 0.25) is 5.91 Å². The minimum Gasteiger partial charge on any atom is -0.480 e. The van der Waals surface area contributed by atoms with Crippen LogP contribution in [-0.4, -0.2) is 71.0 Å². The first-order chi connectivity index (χ1) is 7.56. The molecule has 1 atom stereocenters. The summed E-state index contributed by atoms with van der Waals surface area (Å²) in [5, 5.41) is 9.04. The van der Waals surface area contributed by atoms with Gasteiger partial charge in [-0.15, -0.1) is 0 Å². The maximum Gasteiger partial charge on any atom is 0.321 e. The summed E-state index contributed by atoms with van der Waals surface area (Å²) in [4.78, 5) is 26.1. The van der Waals surface area contributed by atoms with Crippen molar-refractivity contribution in [3.8, 4) is 0 Å². The first-order valence-corrected chi connectivity index (χ1v) is 6.50. The van der Waals surface area contributed by atoms with Crippen LogP contribution in [-0.2, 0) is 9.59 Å². The van der Waals surface area contributed by atoms with E-state index in [-0.39, 0.29) is 12.5 Å². The lowest BCUT2D eigenvalue weighted by Crippen LogP contribution is -2.51. The third-order valence-corrected chi connectivity index (χ3v) is 3.79. The van der Waals surface area contributed by atoms with Crippen molar-refractivity contribution in [3.63, 3.8) is 0 Å². The molecule has 16 heavy (non-hydrogen) atoms. The van der Waals surface area contributed by atoms with E-state index in [0.717, 1.165) is 5.75 Å². The molecule has 1 aliphatic heterocycles. The van der Waals surface area contributed by atoms with Crippen LogP contribution < -0.4 is 0 Å². The Morgan fingerprint density at radius 3 is 2.81 bits per heavy atom. The highest BCUT2D eigenvalue weighted by molar-refractivity contribution is 7.99. The Morgan fingerprint density at radius 1 is 1.56 bits per heavy atom. The maximum atomic E-state index is 11.7. The number of thioether (sulfide) groups is 1. The predicted molar refractivity (Wildman–Crippen MR) is 63.6 cm³/mol. The monoisotopic (exact) mass is 246 g/mol. The summed E-state index contributed by atoms with van der Waals surface area (Å²) in [6.07, 6.45) is 0. The number of carbonyl (C=O) groups is 2. The van der Waals surface area contributed by atoms with Crippen LogP contribution >= 0.6 is 11.8 Å². The van der Waals surface area contributed by atoms with Crippen LogP contribution in [0.3, 0.4) is 0 Å². The van der Waals surface area contributed by atoms with Crippen LogP contribution in [0.5, 0.6) is 0 Å². The third kappa shape index (κ3) is 3.38. The van der Waals surface area contributed by atoms with Gasteiger partial charge in [-0.1, -0.05) is 0 Å². The van der Waals surface area contributed by atoms with Gasteiger partial charge in [0.25, 0.3) is 0 Å². The number of hydrogen-bond acceptors (Lipinski definition) is 4. The molecule has 1 rings (SSSR count). The average molecular weight is 246 g/mol. The van der Waals surface area contributed by atoms with Gasteiger partial charge in [-0.2, -0.15) is 11.8 Å². The Morgan fingerprint density at radius 2 is 2.25 bits per heavy atom. The maximum absolute atomic E-state index is 11.7. The minimum atomic E-state index is -0.834. The molecule has 1 amide bonds. The molecule has 1 fully saturated rings. The topological polar surface area (TPSA) is 60.9 Å². The molecule has 0 aliphatic carbocycles. The second kappa shape index (κ2) is 6.10. The molecule has 6 heteroatoms. The molecule has 1 N–H and O–H groups in total. The van der Waals surface area contributed by atoms with Crippen molar-refractivity contribution in [2.24, 2.45) is 0 Å². The summed E-state index contributed by atoms with van der Waals surface area (Å²) in [5.74, 6) is 0.616. The second-order valence-electron chi connectivity index (χ2n) is 3.81. The molecule has 0 radical (unpaired) electrons. The number of amides is 1. The molecule has 0 bridgehead atoms. The highest BCUT2D eigenvalue weighted by Crippen LogP contribution is 2.16. The third-order valence-electron chi connectivity index (χ3n) is 2.76. The van der Waals surface area contributed by atoms with E-state index in [9.17, 15) is 9.59 Å². The fourth-order valence-electron chi connectivity index (χ4n) is 1.53. The SMILES string of the molecule is CCN(C)C(=O)CN1CCSCC1C(=O)O. The number of rotatable bonds is 4. The summed E-state index contributed by atoms with van der Waals surface area (Å²) in [6.45, 7) is 3.44.